The number of hydrogen-bond acceptors (Lipinski definition) is 7. The molecule has 0 spiro atoms. The van der Waals surface area contributed by atoms with Crippen molar-refractivity contribution in [2.75, 3.05) is 6.54 Å². The van der Waals surface area contributed by atoms with E-state index in [4.69, 9.17) is 9.82 Å². The van der Waals surface area contributed by atoms with E-state index < -0.39 is 0 Å². The number of nitrogens with one attached hydrogen (secondary N) is 1. The summed E-state index contributed by atoms with van der Waals surface area (Å²) in [5.41, 5.74) is 5.49. The van der Waals surface area contributed by atoms with Crippen molar-refractivity contribution in [2.24, 2.45) is 0 Å². The maximum atomic E-state index is 14.2. The van der Waals surface area contributed by atoms with E-state index in [1.54, 1.807) is 0 Å². The molecule has 0 amide bonds. The fraction of sp³-hybridized carbons (Fsp3) is 0.382. The number of H-pyrrole nitrogens is 1. The minimum atomic E-state index is -0.384. The van der Waals surface area contributed by atoms with Crippen molar-refractivity contribution in [3.63, 3.8) is 0 Å². The van der Waals surface area contributed by atoms with Crippen molar-refractivity contribution in [3.8, 4) is 22.5 Å². The third-order valence-corrected chi connectivity index (χ3v) is 9.18. The quantitative estimate of drug-likeness (QED) is 0.229. The van der Waals surface area contributed by atoms with Crippen LogP contribution in [0.25, 0.3) is 33.4 Å². The Hall–Kier alpha value is -4.21. The number of unbranched alkanes of at least 4 members (excludes halogenated alkanes) is 1. The lowest BCUT2D eigenvalue weighted by molar-refractivity contribution is -0.200. The van der Waals surface area contributed by atoms with E-state index >= 15 is 0 Å². The van der Waals surface area contributed by atoms with Crippen LogP contribution in [0.2, 0.25) is 0 Å². The molecule has 0 radical (unpaired) electrons. The van der Waals surface area contributed by atoms with Gasteiger partial charge in [-0.15, -0.1) is 10.2 Å². The first-order valence-electron chi connectivity index (χ1n) is 15.5. The summed E-state index contributed by atoms with van der Waals surface area (Å²) in [5.74, 6) is 1.39. The number of nitrogens with zero attached hydrogens (tertiary/aromatic N) is 6. The molecule has 0 bridgehead atoms. The van der Waals surface area contributed by atoms with Crippen molar-refractivity contribution in [2.45, 2.75) is 77.0 Å². The van der Waals surface area contributed by atoms with Gasteiger partial charge in [-0.25, -0.2) is 4.98 Å². The van der Waals surface area contributed by atoms with E-state index in [1.165, 1.54) is 12.8 Å². The lowest BCUT2D eigenvalue weighted by atomic mass is 9.85. The Kier molecular flexibility index (Phi) is 7.36. The van der Waals surface area contributed by atoms with Crippen LogP contribution in [-0.2, 0) is 23.4 Å². The summed E-state index contributed by atoms with van der Waals surface area (Å²) >= 11 is 0. The van der Waals surface area contributed by atoms with Crippen molar-refractivity contribution >= 4 is 10.9 Å². The van der Waals surface area contributed by atoms with Gasteiger partial charge in [0.15, 0.2) is 0 Å². The molecule has 2 aliphatic rings. The Labute approximate surface area is 250 Å². The van der Waals surface area contributed by atoms with Gasteiger partial charge < -0.3 is 0 Å². The van der Waals surface area contributed by atoms with Gasteiger partial charge in [-0.05, 0) is 65.3 Å². The maximum Gasteiger partial charge on any atom is 0.261 e. The minimum Gasteiger partial charge on any atom is -0.292 e. The highest BCUT2D eigenvalue weighted by molar-refractivity contribution is 5.80. The maximum absolute atomic E-state index is 14.2. The zero-order valence-electron chi connectivity index (χ0n) is 24.8. The first-order chi connectivity index (χ1) is 21.1. The fourth-order valence-corrected chi connectivity index (χ4v) is 6.78. The molecule has 2 aliphatic heterocycles. The number of aromatic nitrogens is 6. The average molecular weight is 576 g/mol. The lowest BCUT2D eigenvalue weighted by Gasteiger charge is -2.28. The van der Waals surface area contributed by atoms with Crippen molar-refractivity contribution in [1.82, 2.24) is 35.2 Å². The molecular formula is C34H37N7O2. The third-order valence-electron chi connectivity index (χ3n) is 9.18. The lowest BCUT2D eigenvalue weighted by Crippen LogP contribution is -2.29. The fourth-order valence-electron chi connectivity index (χ4n) is 6.78. The van der Waals surface area contributed by atoms with Gasteiger partial charge in [0.25, 0.3) is 5.56 Å². The number of fused-ring (bicyclic) bond motifs is 2. The van der Waals surface area contributed by atoms with Gasteiger partial charge in [0.1, 0.15) is 11.4 Å². The summed E-state index contributed by atoms with van der Waals surface area (Å²) < 4.78 is 1.87. The molecule has 1 N–H and O–H groups in total. The third kappa shape index (κ3) is 5.06. The molecule has 3 aromatic carbocycles. The van der Waals surface area contributed by atoms with Crippen LogP contribution in [0.4, 0.5) is 0 Å². The van der Waals surface area contributed by atoms with E-state index in [-0.39, 0.29) is 11.2 Å². The van der Waals surface area contributed by atoms with Crippen LogP contribution < -0.4 is 5.56 Å². The molecule has 2 atom stereocenters. The van der Waals surface area contributed by atoms with Gasteiger partial charge in [-0.3, -0.25) is 14.2 Å². The molecule has 7 rings (SSSR count). The molecule has 43 heavy (non-hydrogen) atoms. The molecule has 0 saturated carbocycles. The number of benzene rings is 3. The largest absolute Gasteiger partial charge is 0.292 e. The Morgan fingerprint density at radius 1 is 1.05 bits per heavy atom. The highest BCUT2D eigenvalue weighted by Crippen LogP contribution is 2.46. The summed E-state index contributed by atoms with van der Waals surface area (Å²) in [5, 5.41) is 17.4. The van der Waals surface area contributed by atoms with E-state index in [0.29, 0.717) is 23.8 Å². The van der Waals surface area contributed by atoms with Gasteiger partial charge in [-0.2, -0.15) is 10.3 Å². The van der Waals surface area contributed by atoms with Gasteiger partial charge in [0.2, 0.25) is 5.82 Å². The Morgan fingerprint density at radius 3 is 2.63 bits per heavy atom. The normalized spacial score (nSPS) is 20.2. The van der Waals surface area contributed by atoms with Crippen LogP contribution in [0.3, 0.4) is 0 Å². The molecule has 4 heterocycles. The van der Waals surface area contributed by atoms with Gasteiger partial charge >= 0.3 is 0 Å². The van der Waals surface area contributed by atoms with E-state index in [9.17, 15) is 4.79 Å². The topological polar surface area (TPSA) is 102 Å². The van der Waals surface area contributed by atoms with Crippen LogP contribution in [0.15, 0.2) is 71.5 Å². The van der Waals surface area contributed by atoms with Gasteiger partial charge in [0.05, 0.1) is 17.4 Å². The smallest absolute Gasteiger partial charge is 0.261 e. The summed E-state index contributed by atoms with van der Waals surface area (Å²) in [6.45, 7) is 5.79. The van der Waals surface area contributed by atoms with Crippen LogP contribution in [0.1, 0.15) is 69.3 Å². The molecule has 2 fully saturated rings. The van der Waals surface area contributed by atoms with E-state index in [1.807, 2.05) is 28.8 Å². The predicted molar refractivity (Wildman–Crippen MR) is 166 cm³/mol. The zero-order valence-corrected chi connectivity index (χ0v) is 24.8. The molecule has 2 unspecified atom stereocenters. The Morgan fingerprint density at radius 2 is 1.88 bits per heavy atom. The standard InChI is InChI=1S/C34H37N7O2/c1-3-5-12-31-35-30-18-17-25(34(4-2)21-26-9-8-19-41(26)43-34)20-29(30)33(42)40(31)22-23-13-15-24(16-14-23)27-10-6-7-11-28(27)32-36-38-39-37-32/h6-7,10-11,13-18,20,26H,3-5,8-9,12,19,21-22H2,1-2H3,(H,36,37,38,39). The molecule has 220 valence electrons. The van der Waals surface area contributed by atoms with Crippen molar-refractivity contribution in [1.29, 1.82) is 0 Å². The number of aryl methyl sites for hydroxylation is 1. The summed E-state index contributed by atoms with van der Waals surface area (Å²) in [6, 6.07) is 23.0. The van der Waals surface area contributed by atoms with Crippen LogP contribution in [-0.4, -0.2) is 47.8 Å². The van der Waals surface area contributed by atoms with E-state index in [0.717, 1.165) is 77.8 Å². The molecule has 9 heteroatoms. The molecule has 9 nitrogen and oxygen atoms in total. The number of rotatable bonds is 9. The Bertz CT molecular complexity index is 1780. The molecular weight excluding hydrogens is 538 g/mol. The second-order valence-electron chi connectivity index (χ2n) is 11.8. The molecule has 2 aromatic heterocycles. The second kappa shape index (κ2) is 11.5. The van der Waals surface area contributed by atoms with Crippen LogP contribution in [0, 0.1) is 0 Å². The second-order valence-corrected chi connectivity index (χ2v) is 11.8. The van der Waals surface area contributed by atoms with E-state index in [2.05, 4.69) is 82.0 Å². The van der Waals surface area contributed by atoms with Crippen LogP contribution >= 0.6 is 0 Å². The minimum absolute atomic E-state index is 0.00855. The highest BCUT2D eigenvalue weighted by atomic mass is 16.7. The monoisotopic (exact) mass is 575 g/mol. The first-order valence-corrected chi connectivity index (χ1v) is 15.5. The predicted octanol–water partition coefficient (Wildman–Crippen LogP) is 6.04. The molecule has 5 aromatic rings. The number of tetrazole rings is 1. The molecule has 2 saturated heterocycles. The van der Waals surface area contributed by atoms with Crippen molar-refractivity contribution in [3.05, 3.63) is 94.0 Å². The first kappa shape index (κ1) is 27.6. The number of hydroxylamine groups is 2. The van der Waals surface area contributed by atoms with Gasteiger partial charge in [0, 0.05) is 31.0 Å². The van der Waals surface area contributed by atoms with Gasteiger partial charge in [-0.1, -0.05) is 74.9 Å². The molecule has 0 aliphatic carbocycles. The zero-order chi connectivity index (χ0) is 29.4. The number of aromatic amines is 1. The van der Waals surface area contributed by atoms with Crippen LogP contribution in [0.5, 0.6) is 0 Å². The number of hydrogen-bond donors (Lipinski definition) is 1. The van der Waals surface area contributed by atoms with Crippen molar-refractivity contribution < 1.29 is 4.84 Å². The summed E-state index contributed by atoms with van der Waals surface area (Å²) in [4.78, 5) is 25.8. The Balaban J connectivity index is 1.24. The SMILES string of the molecule is CCCCc1nc2ccc(C3(CC)CC4CCCN4O3)cc2c(=O)n1Cc1ccc(-c2ccccc2-c2nn[nH]n2)cc1. The summed E-state index contributed by atoms with van der Waals surface area (Å²) in [6.07, 6.45) is 6.96. The summed E-state index contributed by atoms with van der Waals surface area (Å²) in [7, 11) is 0. The highest BCUT2D eigenvalue weighted by Gasteiger charge is 2.47. The average Bonchev–Trinajstić information content (AvgIpc) is 3.80.